The SMILES string of the molecule is N#CC1(C(=O)[O-])N=NN=N1.[Na+]. The summed E-state index contributed by atoms with van der Waals surface area (Å²) in [5.74, 6) is -1.72. The van der Waals surface area contributed by atoms with Crippen LogP contribution in [0.3, 0.4) is 0 Å². The van der Waals surface area contributed by atoms with Crippen LogP contribution in [0.4, 0.5) is 0 Å². The van der Waals surface area contributed by atoms with Gasteiger partial charge in [-0.2, -0.15) is 5.26 Å². The minimum atomic E-state index is -2.24. The molecule has 0 unspecified atom stereocenters. The maximum atomic E-state index is 10.1. The molecule has 0 aromatic rings. The molecule has 0 N–H and O–H groups in total. The van der Waals surface area contributed by atoms with Gasteiger partial charge in [0.1, 0.15) is 12.0 Å². The second kappa shape index (κ2) is 3.52. The molecule has 0 fully saturated rings. The van der Waals surface area contributed by atoms with Gasteiger partial charge in [-0.15, -0.1) is 10.2 Å². The minimum Gasteiger partial charge on any atom is -0.544 e. The fourth-order valence-electron chi connectivity index (χ4n) is 0.361. The van der Waals surface area contributed by atoms with Crippen LogP contribution in [0.1, 0.15) is 0 Å². The number of carboxylic acid groups (broad SMARTS) is 1. The first-order valence-corrected chi connectivity index (χ1v) is 2.18. The van der Waals surface area contributed by atoms with E-state index >= 15 is 0 Å². The van der Waals surface area contributed by atoms with Gasteiger partial charge in [0.15, 0.2) is 0 Å². The molecule has 1 aliphatic rings. The van der Waals surface area contributed by atoms with Gasteiger partial charge in [0.05, 0.1) is 0 Å². The third-order valence-corrected chi connectivity index (χ3v) is 0.859. The van der Waals surface area contributed by atoms with E-state index in [-0.39, 0.29) is 29.6 Å². The summed E-state index contributed by atoms with van der Waals surface area (Å²) in [4.78, 5) is 10.1. The standard InChI is InChI=1S/C3HN5O2.Na/c4-1-3(2(9)10)5-7-8-6-3;/h(H,9,10);/q;+1/p-1. The Morgan fingerprint density at radius 2 is 1.91 bits per heavy atom. The number of nitriles is 1. The molecule has 0 bridgehead atoms. The van der Waals surface area contributed by atoms with Crippen LogP contribution >= 0.6 is 0 Å². The van der Waals surface area contributed by atoms with Crippen molar-refractivity contribution in [1.29, 1.82) is 5.26 Å². The number of carbonyl (C=O) groups excluding carboxylic acids is 1. The topological polar surface area (TPSA) is 113 Å². The molecule has 7 nitrogen and oxygen atoms in total. The molecule has 0 radical (unpaired) electrons. The number of hydrogen-bond acceptors (Lipinski definition) is 7. The van der Waals surface area contributed by atoms with E-state index in [4.69, 9.17) is 5.26 Å². The van der Waals surface area contributed by atoms with Crippen molar-refractivity contribution < 1.29 is 39.5 Å². The number of nitrogens with zero attached hydrogens (tertiary/aromatic N) is 5. The minimum absolute atomic E-state index is 0. The summed E-state index contributed by atoms with van der Waals surface area (Å²) in [5, 5.41) is 30.0. The fourth-order valence-corrected chi connectivity index (χ4v) is 0.361. The van der Waals surface area contributed by atoms with Crippen molar-refractivity contribution in [2.75, 3.05) is 0 Å². The van der Waals surface area contributed by atoms with Crippen molar-refractivity contribution >= 4 is 5.97 Å². The zero-order chi connectivity index (χ0) is 7.61. The Kier molecular flexibility index (Phi) is 3.25. The molecule has 0 spiro atoms. The van der Waals surface area contributed by atoms with Gasteiger partial charge < -0.3 is 9.90 Å². The van der Waals surface area contributed by atoms with Crippen LogP contribution in [-0.4, -0.2) is 11.6 Å². The van der Waals surface area contributed by atoms with Crippen LogP contribution in [0.5, 0.6) is 0 Å². The molecular weight excluding hydrogens is 161 g/mol. The maximum absolute atomic E-state index is 10.1. The van der Waals surface area contributed by atoms with Crippen LogP contribution in [0.15, 0.2) is 20.7 Å². The summed E-state index contributed by atoms with van der Waals surface area (Å²) >= 11 is 0. The number of rotatable bonds is 1. The molecule has 1 heterocycles. The zero-order valence-corrected chi connectivity index (χ0v) is 7.55. The number of carbonyl (C=O) groups is 1. The summed E-state index contributed by atoms with van der Waals surface area (Å²) in [7, 11) is 0. The van der Waals surface area contributed by atoms with E-state index in [0.717, 1.165) is 0 Å². The number of aliphatic carboxylic acids is 1. The van der Waals surface area contributed by atoms with Gasteiger partial charge in [0.25, 0.3) is 0 Å². The van der Waals surface area contributed by atoms with E-state index in [1.165, 1.54) is 6.07 Å². The molecule has 0 saturated heterocycles. The summed E-state index contributed by atoms with van der Waals surface area (Å²) in [6.45, 7) is 0. The van der Waals surface area contributed by atoms with Gasteiger partial charge in [-0.3, -0.25) is 0 Å². The summed E-state index contributed by atoms with van der Waals surface area (Å²) in [6, 6.07) is 1.29. The Morgan fingerprint density at radius 1 is 1.45 bits per heavy atom. The summed E-state index contributed by atoms with van der Waals surface area (Å²) in [6.07, 6.45) is 0. The Hall–Kier alpha value is -0.840. The summed E-state index contributed by atoms with van der Waals surface area (Å²) in [5.41, 5.74) is -2.24. The van der Waals surface area contributed by atoms with Crippen molar-refractivity contribution in [3.8, 4) is 6.07 Å². The first-order chi connectivity index (χ1) is 4.71. The van der Waals surface area contributed by atoms with Crippen LogP contribution in [0, 0.1) is 11.3 Å². The second-order valence-corrected chi connectivity index (χ2v) is 1.45. The molecule has 1 rings (SSSR count). The van der Waals surface area contributed by atoms with Crippen LogP contribution in [-0.2, 0) is 4.79 Å². The molecule has 0 saturated carbocycles. The van der Waals surface area contributed by atoms with Gasteiger partial charge in [-0.25, -0.2) is 0 Å². The zero-order valence-electron chi connectivity index (χ0n) is 5.55. The van der Waals surface area contributed by atoms with Crippen molar-refractivity contribution in [1.82, 2.24) is 0 Å². The van der Waals surface area contributed by atoms with Crippen LogP contribution in [0.25, 0.3) is 0 Å². The van der Waals surface area contributed by atoms with Gasteiger partial charge in [0.2, 0.25) is 0 Å². The second-order valence-electron chi connectivity index (χ2n) is 1.45. The normalized spacial score (nSPS) is 17.0. The average molecular weight is 161 g/mol. The molecule has 0 aromatic heterocycles. The van der Waals surface area contributed by atoms with E-state index < -0.39 is 11.6 Å². The van der Waals surface area contributed by atoms with Gasteiger partial charge in [0, 0.05) is 0 Å². The van der Waals surface area contributed by atoms with Gasteiger partial charge in [-0.1, -0.05) is 0 Å². The predicted molar refractivity (Wildman–Crippen MR) is 23.1 cm³/mol. The third kappa shape index (κ3) is 1.59. The monoisotopic (exact) mass is 161 g/mol. The molecule has 0 amide bonds. The van der Waals surface area contributed by atoms with Crippen LogP contribution < -0.4 is 34.7 Å². The van der Waals surface area contributed by atoms with E-state index in [1.54, 1.807) is 0 Å². The molecular formula is C3N5NaO2. The Balaban J connectivity index is 0.000001000. The van der Waals surface area contributed by atoms with E-state index in [1.807, 2.05) is 0 Å². The number of carboxylic acids is 1. The number of hydrogen-bond donors (Lipinski definition) is 0. The molecule has 50 valence electrons. The van der Waals surface area contributed by atoms with Crippen LogP contribution in [0.2, 0.25) is 0 Å². The molecule has 0 aliphatic carbocycles. The maximum Gasteiger partial charge on any atom is 1.00 e. The van der Waals surface area contributed by atoms with E-state index in [9.17, 15) is 9.90 Å². The quantitative estimate of drug-likeness (QED) is 0.363. The molecule has 0 atom stereocenters. The van der Waals surface area contributed by atoms with E-state index in [0.29, 0.717) is 0 Å². The Morgan fingerprint density at radius 3 is 2.09 bits per heavy atom. The van der Waals surface area contributed by atoms with Gasteiger partial charge >= 0.3 is 35.2 Å². The molecule has 0 aromatic carbocycles. The molecule has 11 heavy (non-hydrogen) atoms. The van der Waals surface area contributed by atoms with Crippen molar-refractivity contribution in [3.05, 3.63) is 0 Å². The van der Waals surface area contributed by atoms with E-state index in [2.05, 4.69) is 20.7 Å². The van der Waals surface area contributed by atoms with Gasteiger partial charge in [-0.05, 0) is 10.4 Å². The average Bonchev–Trinajstić information content (AvgIpc) is 2.35. The predicted octanol–water partition coefficient (Wildman–Crippen LogP) is -4.21. The Labute approximate surface area is 83.1 Å². The largest absolute Gasteiger partial charge is 1.00 e. The van der Waals surface area contributed by atoms with Crippen molar-refractivity contribution in [2.24, 2.45) is 20.7 Å². The smallest absolute Gasteiger partial charge is 0.544 e. The third-order valence-electron chi connectivity index (χ3n) is 0.859. The Bertz CT molecular complexity index is 253. The first-order valence-electron chi connectivity index (χ1n) is 2.18. The van der Waals surface area contributed by atoms with Crippen molar-refractivity contribution in [3.63, 3.8) is 0 Å². The first kappa shape index (κ1) is 10.2. The molecule has 1 aliphatic heterocycles. The van der Waals surface area contributed by atoms with Crippen molar-refractivity contribution in [2.45, 2.75) is 5.66 Å². The summed E-state index contributed by atoms with van der Waals surface area (Å²) < 4.78 is 0. The fraction of sp³-hybridized carbons (Fsp3) is 0.333. The molecule has 8 heteroatoms.